The van der Waals surface area contributed by atoms with Gasteiger partial charge in [0.15, 0.2) is 0 Å². The van der Waals surface area contributed by atoms with Crippen LogP contribution in [0.4, 0.5) is 4.79 Å². The van der Waals surface area contributed by atoms with Gasteiger partial charge >= 0.3 is 5.97 Å². The summed E-state index contributed by atoms with van der Waals surface area (Å²) >= 11 is 6.94. The minimum Gasteiger partial charge on any atom is -0.488 e. The highest BCUT2D eigenvalue weighted by Crippen LogP contribution is 2.34. The van der Waals surface area contributed by atoms with Crippen molar-refractivity contribution in [3.8, 4) is 5.75 Å². The molecule has 2 aromatic rings. The molecule has 1 saturated heterocycles. The number of esters is 1. The average molecular weight is 432 g/mol. The van der Waals surface area contributed by atoms with E-state index >= 15 is 0 Å². The van der Waals surface area contributed by atoms with Gasteiger partial charge in [0.1, 0.15) is 18.9 Å². The van der Waals surface area contributed by atoms with E-state index in [-0.39, 0.29) is 18.1 Å². The third kappa shape index (κ3) is 5.19. The Labute approximate surface area is 177 Å². The Bertz CT molecular complexity index is 975. The Kier molecular flexibility index (Phi) is 6.95. The summed E-state index contributed by atoms with van der Waals surface area (Å²) in [6.07, 6.45) is 1.58. The molecule has 0 aliphatic carbocycles. The monoisotopic (exact) mass is 431 g/mol. The van der Waals surface area contributed by atoms with Gasteiger partial charge in [0.05, 0.1) is 11.5 Å². The smallest absolute Gasteiger partial charge is 0.326 e. The van der Waals surface area contributed by atoms with Gasteiger partial charge in [0, 0.05) is 16.1 Å². The van der Waals surface area contributed by atoms with Crippen LogP contribution in [0.2, 0.25) is 5.02 Å². The predicted molar refractivity (Wildman–Crippen MR) is 112 cm³/mol. The van der Waals surface area contributed by atoms with Crippen molar-refractivity contribution >= 4 is 46.6 Å². The second-order valence-corrected chi connectivity index (χ2v) is 7.39. The van der Waals surface area contributed by atoms with Gasteiger partial charge in [-0.25, -0.2) is 0 Å². The third-order valence-corrected chi connectivity index (χ3v) is 5.29. The predicted octanol–water partition coefficient (Wildman–Crippen LogP) is 4.52. The topological polar surface area (TPSA) is 72.9 Å². The summed E-state index contributed by atoms with van der Waals surface area (Å²) in [5, 5.41) is 0.0915. The quantitative estimate of drug-likeness (QED) is 0.474. The Morgan fingerprint density at radius 2 is 1.86 bits per heavy atom. The summed E-state index contributed by atoms with van der Waals surface area (Å²) in [6, 6.07) is 14.5. The number of imide groups is 1. The van der Waals surface area contributed by atoms with Crippen LogP contribution in [-0.4, -0.2) is 35.2 Å². The summed E-state index contributed by atoms with van der Waals surface area (Å²) in [5.41, 5.74) is 1.47. The minimum atomic E-state index is -0.625. The summed E-state index contributed by atoms with van der Waals surface area (Å²) in [4.78, 5) is 37.4. The van der Waals surface area contributed by atoms with Crippen LogP contribution in [0.5, 0.6) is 5.75 Å². The fourth-order valence-corrected chi connectivity index (χ4v) is 3.63. The molecule has 2 amide bonds. The standard InChI is InChI=1S/C21H18ClNO5S/c1-2-27-19(24)12-23-20(25)18(29-21(23)26)11-14-7-4-6-10-17(14)28-13-15-8-3-5-9-16(15)22/h3-11H,2,12-13H2,1H3/b18-11-. The van der Waals surface area contributed by atoms with Crippen molar-refractivity contribution in [2.24, 2.45) is 0 Å². The molecule has 0 unspecified atom stereocenters. The van der Waals surface area contributed by atoms with E-state index in [0.717, 1.165) is 22.2 Å². The SMILES string of the molecule is CCOC(=O)CN1C(=O)S/C(=C\c2ccccc2OCc2ccccc2Cl)C1=O. The molecule has 0 spiro atoms. The van der Waals surface area contributed by atoms with E-state index < -0.39 is 23.7 Å². The van der Waals surface area contributed by atoms with Crippen molar-refractivity contribution in [2.45, 2.75) is 13.5 Å². The highest BCUT2D eigenvalue weighted by Gasteiger charge is 2.36. The molecule has 0 saturated carbocycles. The second kappa shape index (κ2) is 9.62. The highest BCUT2D eigenvalue weighted by molar-refractivity contribution is 8.18. The first-order valence-corrected chi connectivity index (χ1v) is 10.0. The number of rotatable bonds is 7. The number of thioether (sulfide) groups is 1. The molecule has 1 heterocycles. The van der Waals surface area contributed by atoms with Crippen LogP contribution < -0.4 is 4.74 Å². The van der Waals surface area contributed by atoms with Gasteiger partial charge in [-0.1, -0.05) is 48.0 Å². The minimum absolute atomic E-state index is 0.182. The lowest BCUT2D eigenvalue weighted by atomic mass is 10.1. The van der Waals surface area contributed by atoms with E-state index in [4.69, 9.17) is 21.1 Å². The van der Waals surface area contributed by atoms with Crippen LogP contribution in [0, 0.1) is 0 Å². The van der Waals surface area contributed by atoms with Gasteiger partial charge in [-0.05, 0) is 36.9 Å². The van der Waals surface area contributed by atoms with Gasteiger partial charge in [-0.3, -0.25) is 19.3 Å². The maximum absolute atomic E-state index is 12.5. The average Bonchev–Trinajstić information content (AvgIpc) is 2.96. The Hall–Kier alpha value is -2.77. The molecule has 1 fully saturated rings. The fraction of sp³-hybridized carbons (Fsp3) is 0.190. The summed E-state index contributed by atoms with van der Waals surface area (Å²) in [5.74, 6) is -0.613. The first-order chi connectivity index (χ1) is 14.0. The fourth-order valence-electron chi connectivity index (χ4n) is 2.62. The zero-order chi connectivity index (χ0) is 20.8. The Morgan fingerprint density at radius 1 is 1.14 bits per heavy atom. The van der Waals surface area contributed by atoms with E-state index in [0.29, 0.717) is 16.3 Å². The molecular formula is C21H18ClNO5S. The molecule has 0 N–H and O–H groups in total. The van der Waals surface area contributed by atoms with Crippen LogP contribution >= 0.6 is 23.4 Å². The summed E-state index contributed by atoms with van der Waals surface area (Å²) in [7, 11) is 0. The van der Waals surface area contributed by atoms with Crippen molar-refractivity contribution in [2.75, 3.05) is 13.2 Å². The molecule has 29 heavy (non-hydrogen) atoms. The molecule has 0 radical (unpaired) electrons. The van der Waals surface area contributed by atoms with Crippen LogP contribution in [0.1, 0.15) is 18.1 Å². The molecule has 150 valence electrons. The number of benzene rings is 2. The molecule has 1 aliphatic heterocycles. The van der Waals surface area contributed by atoms with Crippen LogP contribution in [0.15, 0.2) is 53.4 Å². The molecule has 2 aromatic carbocycles. The van der Waals surface area contributed by atoms with Crippen molar-refractivity contribution in [1.82, 2.24) is 4.90 Å². The van der Waals surface area contributed by atoms with Gasteiger partial charge in [-0.2, -0.15) is 0 Å². The zero-order valence-corrected chi connectivity index (χ0v) is 17.2. The largest absolute Gasteiger partial charge is 0.488 e. The summed E-state index contributed by atoms with van der Waals surface area (Å²) in [6.45, 7) is 1.70. The van der Waals surface area contributed by atoms with E-state index in [1.807, 2.05) is 24.3 Å². The number of nitrogens with zero attached hydrogens (tertiary/aromatic N) is 1. The molecular weight excluding hydrogens is 414 g/mol. The van der Waals surface area contributed by atoms with Crippen molar-refractivity contribution in [3.05, 3.63) is 69.6 Å². The first kappa shape index (κ1) is 21.0. The first-order valence-electron chi connectivity index (χ1n) is 8.85. The van der Waals surface area contributed by atoms with E-state index in [2.05, 4.69) is 0 Å². The molecule has 3 rings (SSSR count). The lowest BCUT2D eigenvalue weighted by Crippen LogP contribution is -2.34. The zero-order valence-electron chi connectivity index (χ0n) is 15.6. The van der Waals surface area contributed by atoms with Gasteiger partial charge in [0.2, 0.25) is 0 Å². The molecule has 0 aromatic heterocycles. The number of para-hydroxylation sites is 1. The molecule has 0 atom stereocenters. The molecule has 8 heteroatoms. The van der Waals surface area contributed by atoms with E-state index in [1.165, 1.54) is 0 Å². The van der Waals surface area contributed by atoms with Crippen molar-refractivity contribution < 1.29 is 23.9 Å². The number of amides is 2. The molecule has 1 aliphatic rings. The van der Waals surface area contributed by atoms with Crippen molar-refractivity contribution in [3.63, 3.8) is 0 Å². The van der Waals surface area contributed by atoms with Crippen LogP contribution in [0.3, 0.4) is 0 Å². The summed E-state index contributed by atoms with van der Waals surface area (Å²) < 4.78 is 10.7. The maximum Gasteiger partial charge on any atom is 0.326 e. The van der Waals surface area contributed by atoms with Crippen LogP contribution in [0.25, 0.3) is 6.08 Å². The second-order valence-electron chi connectivity index (χ2n) is 5.99. The van der Waals surface area contributed by atoms with Gasteiger partial charge in [-0.15, -0.1) is 0 Å². The number of halogens is 1. The van der Waals surface area contributed by atoms with E-state index in [1.54, 1.807) is 37.3 Å². The lowest BCUT2D eigenvalue weighted by Gasteiger charge is -2.11. The number of hydrogen-bond acceptors (Lipinski definition) is 6. The third-order valence-electron chi connectivity index (χ3n) is 4.01. The highest BCUT2D eigenvalue weighted by atomic mass is 35.5. The normalized spacial score (nSPS) is 15.1. The van der Waals surface area contributed by atoms with Gasteiger partial charge < -0.3 is 9.47 Å². The number of hydrogen-bond donors (Lipinski definition) is 0. The van der Waals surface area contributed by atoms with E-state index in [9.17, 15) is 14.4 Å². The van der Waals surface area contributed by atoms with Crippen LogP contribution in [-0.2, 0) is 20.9 Å². The molecule has 0 bridgehead atoms. The lowest BCUT2D eigenvalue weighted by molar-refractivity contribution is -0.145. The number of carbonyl (C=O) groups excluding carboxylic acids is 3. The number of ether oxygens (including phenoxy) is 2. The van der Waals surface area contributed by atoms with Crippen molar-refractivity contribution in [1.29, 1.82) is 0 Å². The van der Waals surface area contributed by atoms with Gasteiger partial charge in [0.25, 0.3) is 11.1 Å². The number of carbonyl (C=O) groups is 3. The maximum atomic E-state index is 12.5. The Morgan fingerprint density at radius 3 is 2.62 bits per heavy atom. The molecule has 6 nitrogen and oxygen atoms in total. The Balaban J connectivity index is 1.77.